The average Bonchev–Trinajstić information content (AvgIpc) is 2.55. The number of piperidine rings is 1. The summed E-state index contributed by atoms with van der Waals surface area (Å²) < 4.78 is 0.924. The Kier molecular flexibility index (Phi) is 2.91. The molecule has 90 valence electrons. The molecular formula is C13H13BrClNO. The number of fused-ring (bicyclic) bond motifs is 2. The van der Waals surface area contributed by atoms with Crippen molar-refractivity contribution in [2.45, 2.75) is 37.8 Å². The highest BCUT2D eigenvalue weighted by atomic mass is 79.9. The first-order valence-corrected chi connectivity index (χ1v) is 7.07. The second kappa shape index (κ2) is 4.29. The van der Waals surface area contributed by atoms with Gasteiger partial charge in [-0.25, -0.2) is 0 Å². The summed E-state index contributed by atoms with van der Waals surface area (Å²) in [6, 6.07) is 6.82. The van der Waals surface area contributed by atoms with Crippen LogP contribution in [0.2, 0.25) is 5.02 Å². The minimum Gasteiger partial charge on any atom is -0.365 e. The Labute approximate surface area is 114 Å². The predicted molar refractivity (Wildman–Crippen MR) is 72.7 cm³/mol. The fourth-order valence-corrected chi connectivity index (χ4v) is 3.52. The van der Waals surface area contributed by atoms with E-state index in [1.165, 1.54) is 5.69 Å². The molecule has 2 fully saturated rings. The Morgan fingerprint density at radius 2 is 1.88 bits per heavy atom. The molecule has 0 radical (unpaired) electrons. The number of ketones is 1. The van der Waals surface area contributed by atoms with Crippen LogP contribution in [0.1, 0.15) is 25.7 Å². The molecule has 2 saturated heterocycles. The predicted octanol–water partition coefficient (Wildman–Crippen LogP) is 3.80. The van der Waals surface area contributed by atoms with Gasteiger partial charge in [0.15, 0.2) is 0 Å². The zero-order valence-electron chi connectivity index (χ0n) is 9.33. The van der Waals surface area contributed by atoms with Gasteiger partial charge in [0, 0.05) is 35.1 Å². The minimum atomic E-state index is 0.398. The van der Waals surface area contributed by atoms with E-state index in [4.69, 9.17) is 11.6 Å². The van der Waals surface area contributed by atoms with Crippen LogP contribution >= 0.6 is 27.5 Å². The quantitative estimate of drug-likeness (QED) is 0.786. The maximum atomic E-state index is 11.6. The molecule has 2 aliphatic heterocycles. The molecule has 0 spiro atoms. The summed E-state index contributed by atoms with van der Waals surface area (Å²) in [7, 11) is 0. The van der Waals surface area contributed by atoms with E-state index in [0.717, 1.165) is 22.3 Å². The SMILES string of the molecule is O=C1CC2CCC(C1)N2c1ccc(Cl)c(Br)c1. The second-order valence-electron chi connectivity index (χ2n) is 4.84. The number of hydrogen-bond acceptors (Lipinski definition) is 2. The van der Waals surface area contributed by atoms with E-state index in [2.05, 4.69) is 26.9 Å². The maximum Gasteiger partial charge on any atom is 0.137 e. The summed E-state index contributed by atoms with van der Waals surface area (Å²) >= 11 is 9.47. The van der Waals surface area contributed by atoms with E-state index in [0.29, 0.717) is 30.7 Å². The van der Waals surface area contributed by atoms with Crippen LogP contribution in [-0.4, -0.2) is 17.9 Å². The molecule has 0 saturated carbocycles. The molecule has 0 amide bonds. The molecule has 0 aliphatic carbocycles. The zero-order valence-corrected chi connectivity index (χ0v) is 11.7. The number of benzene rings is 1. The van der Waals surface area contributed by atoms with E-state index in [-0.39, 0.29) is 0 Å². The van der Waals surface area contributed by atoms with Gasteiger partial charge in [-0.05, 0) is 47.0 Å². The molecule has 2 heterocycles. The molecule has 2 atom stereocenters. The molecular weight excluding hydrogens is 302 g/mol. The van der Waals surface area contributed by atoms with Crippen LogP contribution in [0.3, 0.4) is 0 Å². The Hall–Kier alpha value is -0.540. The van der Waals surface area contributed by atoms with Gasteiger partial charge in [-0.1, -0.05) is 11.6 Å². The molecule has 0 N–H and O–H groups in total. The Morgan fingerprint density at radius 1 is 1.24 bits per heavy atom. The van der Waals surface area contributed by atoms with Crippen molar-refractivity contribution in [2.24, 2.45) is 0 Å². The standard InChI is InChI=1S/C13H13BrClNO/c14-12-7-10(3-4-13(12)15)16-8-1-2-9(16)6-11(17)5-8/h3-4,7-9H,1-2,5-6H2. The fraction of sp³-hybridized carbons (Fsp3) is 0.462. The van der Waals surface area contributed by atoms with Crippen molar-refractivity contribution in [3.8, 4) is 0 Å². The summed E-state index contributed by atoms with van der Waals surface area (Å²) in [4.78, 5) is 14.0. The first-order chi connectivity index (χ1) is 8.15. The van der Waals surface area contributed by atoms with E-state index in [9.17, 15) is 4.79 Å². The number of Topliss-reactive ketones (excluding diaryl/α,β-unsaturated/α-hetero) is 1. The highest BCUT2D eigenvalue weighted by molar-refractivity contribution is 9.10. The number of carbonyl (C=O) groups is 1. The Morgan fingerprint density at radius 3 is 2.47 bits per heavy atom. The topological polar surface area (TPSA) is 20.3 Å². The first-order valence-electron chi connectivity index (χ1n) is 5.90. The third kappa shape index (κ3) is 2.00. The molecule has 0 aromatic heterocycles. The van der Waals surface area contributed by atoms with E-state index in [1.54, 1.807) is 0 Å². The first kappa shape index (κ1) is 11.5. The third-order valence-electron chi connectivity index (χ3n) is 3.75. The van der Waals surface area contributed by atoms with Crippen molar-refractivity contribution >= 4 is 39.0 Å². The zero-order chi connectivity index (χ0) is 12.0. The van der Waals surface area contributed by atoms with Gasteiger partial charge in [-0.15, -0.1) is 0 Å². The van der Waals surface area contributed by atoms with Crippen LogP contribution in [0.4, 0.5) is 5.69 Å². The fourth-order valence-electron chi connectivity index (χ4n) is 3.04. The lowest BCUT2D eigenvalue weighted by atomic mass is 10.0. The molecule has 1 aromatic rings. The van der Waals surface area contributed by atoms with Gasteiger partial charge >= 0.3 is 0 Å². The number of hydrogen-bond donors (Lipinski definition) is 0. The lowest BCUT2D eigenvalue weighted by Gasteiger charge is -2.36. The number of nitrogens with zero attached hydrogens (tertiary/aromatic N) is 1. The van der Waals surface area contributed by atoms with E-state index in [1.807, 2.05) is 12.1 Å². The van der Waals surface area contributed by atoms with Gasteiger partial charge < -0.3 is 4.90 Å². The molecule has 3 rings (SSSR count). The molecule has 2 bridgehead atoms. The summed E-state index contributed by atoms with van der Waals surface area (Å²) in [6.07, 6.45) is 3.68. The number of carbonyl (C=O) groups excluding carboxylic acids is 1. The Balaban J connectivity index is 1.94. The minimum absolute atomic E-state index is 0.398. The number of anilines is 1. The molecule has 17 heavy (non-hydrogen) atoms. The van der Waals surface area contributed by atoms with Crippen LogP contribution < -0.4 is 4.90 Å². The van der Waals surface area contributed by atoms with Crippen molar-refractivity contribution in [1.29, 1.82) is 0 Å². The summed E-state index contributed by atoms with van der Waals surface area (Å²) in [5.74, 6) is 0.418. The largest absolute Gasteiger partial charge is 0.365 e. The van der Waals surface area contributed by atoms with Crippen LogP contribution in [0.15, 0.2) is 22.7 Å². The molecule has 4 heteroatoms. The number of halogens is 2. The van der Waals surface area contributed by atoms with Gasteiger partial charge in [0.2, 0.25) is 0 Å². The van der Waals surface area contributed by atoms with Gasteiger partial charge in [0.25, 0.3) is 0 Å². The molecule has 2 aliphatic rings. The maximum absolute atomic E-state index is 11.6. The van der Waals surface area contributed by atoms with E-state index < -0.39 is 0 Å². The van der Waals surface area contributed by atoms with Crippen LogP contribution in [0, 0.1) is 0 Å². The van der Waals surface area contributed by atoms with Crippen molar-refractivity contribution in [2.75, 3.05) is 4.90 Å². The van der Waals surface area contributed by atoms with Gasteiger partial charge in [0.1, 0.15) is 5.78 Å². The van der Waals surface area contributed by atoms with Crippen LogP contribution in [0.5, 0.6) is 0 Å². The monoisotopic (exact) mass is 313 g/mol. The summed E-state index contributed by atoms with van der Waals surface area (Å²) in [6.45, 7) is 0. The van der Waals surface area contributed by atoms with E-state index >= 15 is 0 Å². The van der Waals surface area contributed by atoms with Crippen molar-refractivity contribution in [3.63, 3.8) is 0 Å². The van der Waals surface area contributed by atoms with Gasteiger partial charge in [-0.3, -0.25) is 4.79 Å². The number of rotatable bonds is 1. The van der Waals surface area contributed by atoms with Gasteiger partial charge in [0.05, 0.1) is 5.02 Å². The van der Waals surface area contributed by atoms with Crippen LogP contribution in [-0.2, 0) is 4.79 Å². The normalized spacial score (nSPS) is 27.6. The second-order valence-corrected chi connectivity index (χ2v) is 6.10. The molecule has 2 nitrogen and oxygen atoms in total. The summed E-state index contributed by atoms with van der Waals surface area (Å²) in [5, 5.41) is 0.731. The highest BCUT2D eigenvalue weighted by Crippen LogP contribution is 2.39. The average molecular weight is 315 g/mol. The summed E-state index contributed by atoms with van der Waals surface area (Å²) in [5.41, 5.74) is 1.18. The van der Waals surface area contributed by atoms with Gasteiger partial charge in [-0.2, -0.15) is 0 Å². The molecule has 2 unspecified atom stereocenters. The molecule has 1 aromatic carbocycles. The lowest BCUT2D eigenvalue weighted by Crippen LogP contribution is -2.43. The Bertz CT molecular complexity index is 460. The van der Waals surface area contributed by atoms with Crippen molar-refractivity contribution in [1.82, 2.24) is 0 Å². The lowest BCUT2D eigenvalue weighted by molar-refractivity contribution is -0.120. The van der Waals surface area contributed by atoms with Crippen LogP contribution in [0.25, 0.3) is 0 Å². The van der Waals surface area contributed by atoms with Crippen molar-refractivity contribution in [3.05, 3.63) is 27.7 Å². The highest BCUT2D eigenvalue weighted by Gasteiger charge is 2.40. The smallest absolute Gasteiger partial charge is 0.137 e. The van der Waals surface area contributed by atoms with Crippen molar-refractivity contribution < 1.29 is 4.79 Å². The third-order valence-corrected chi connectivity index (χ3v) is 4.96.